The predicted octanol–water partition coefficient (Wildman–Crippen LogP) is 3.09. The Kier molecular flexibility index (Phi) is 8.60. The van der Waals surface area contributed by atoms with Gasteiger partial charge in [0.25, 0.3) is 0 Å². The van der Waals surface area contributed by atoms with Gasteiger partial charge in [-0.15, -0.1) is 11.3 Å². The highest BCUT2D eigenvalue weighted by Crippen LogP contribution is 2.40. The number of benzene rings is 1. The number of rotatable bonds is 9. The maximum absolute atomic E-state index is 11.5. The Bertz CT molecular complexity index is 1200. The Hall–Kier alpha value is -2.95. The third-order valence-electron chi connectivity index (χ3n) is 6.22. The highest BCUT2D eigenvalue weighted by atomic mass is 35.5. The second-order valence-electron chi connectivity index (χ2n) is 8.87. The van der Waals surface area contributed by atoms with E-state index < -0.39 is 0 Å². The number of nitrogens with two attached hydrogens (primary N) is 2. The third kappa shape index (κ3) is 6.05. The van der Waals surface area contributed by atoms with Crippen molar-refractivity contribution in [2.75, 3.05) is 26.3 Å². The Morgan fingerprint density at radius 2 is 2.19 bits per heavy atom. The maximum atomic E-state index is 11.5. The highest BCUT2D eigenvalue weighted by Gasteiger charge is 2.33. The molecule has 10 heteroatoms. The standard InChI is InChI=1S/C26H32ClN7OS/c1-16(32-17(2)35)11-20(7-9-28)23-12-22(25(36-23)26-30-15-31-33-26)24(19-3-5-21(27)6-4-19)34-10-8-18(13-29)14-34/h3-7,9,11-12,18,24,31H,1,8,10,13-15,28-29H2,2H3,(H,30,33)(H,32,35)/b9-7-,20-11+. The molecule has 0 saturated carbocycles. The first kappa shape index (κ1) is 26.1. The van der Waals surface area contributed by atoms with E-state index in [1.54, 1.807) is 11.3 Å². The molecule has 1 fully saturated rings. The minimum atomic E-state index is -0.179. The highest BCUT2D eigenvalue weighted by molar-refractivity contribution is 7.15. The molecule has 2 unspecified atom stereocenters. The molecule has 36 heavy (non-hydrogen) atoms. The lowest BCUT2D eigenvalue weighted by molar-refractivity contribution is -0.118. The minimum absolute atomic E-state index is 0.00873. The molecule has 2 aromatic rings. The van der Waals surface area contributed by atoms with Gasteiger partial charge in [0.2, 0.25) is 5.91 Å². The normalized spacial score (nSPS) is 19.4. The van der Waals surface area contributed by atoms with Crippen LogP contribution < -0.4 is 27.6 Å². The van der Waals surface area contributed by atoms with Crippen molar-refractivity contribution in [2.45, 2.75) is 19.4 Å². The minimum Gasteiger partial charge on any atom is -0.405 e. The van der Waals surface area contributed by atoms with E-state index in [1.807, 2.05) is 24.3 Å². The fourth-order valence-electron chi connectivity index (χ4n) is 4.62. The first-order chi connectivity index (χ1) is 17.4. The number of hydrogen-bond donors (Lipinski definition) is 5. The molecule has 2 aliphatic heterocycles. The first-order valence-electron chi connectivity index (χ1n) is 11.8. The number of carbonyl (C=O) groups is 1. The van der Waals surface area contributed by atoms with Crippen molar-refractivity contribution in [3.8, 4) is 0 Å². The summed E-state index contributed by atoms with van der Waals surface area (Å²) in [7, 11) is 0. The Labute approximate surface area is 220 Å². The number of nitrogens with zero attached hydrogens (tertiary/aromatic N) is 2. The number of halogens is 1. The number of aliphatic imine (C=N–C) groups is 1. The largest absolute Gasteiger partial charge is 0.405 e. The van der Waals surface area contributed by atoms with Gasteiger partial charge in [0.15, 0.2) is 5.84 Å². The van der Waals surface area contributed by atoms with E-state index >= 15 is 0 Å². The monoisotopic (exact) mass is 525 g/mol. The second kappa shape index (κ2) is 11.9. The molecule has 0 radical (unpaired) electrons. The fourth-order valence-corrected chi connectivity index (χ4v) is 5.90. The fraction of sp³-hybridized carbons (Fsp3) is 0.308. The van der Waals surface area contributed by atoms with Crippen molar-refractivity contribution in [1.29, 1.82) is 0 Å². The smallest absolute Gasteiger partial charge is 0.221 e. The quantitative estimate of drug-likeness (QED) is 0.321. The molecule has 4 rings (SSSR count). The average molecular weight is 526 g/mol. The molecule has 1 amide bonds. The van der Waals surface area contributed by atoms with Gasteiger partial charge in [-0.1, -0.05) is 30.3 Å². The average Bonchev–Trinajstić information content (AvgIpc) is 3.61. The molecule has 1 aromatic heterocycles. The summed E-state index contributed by atoms with van der Waals surface area (Å²) in [6.07, 6.45) is 6.18. The van der Waals surface area contributed by atoms with Crippen LogP contribution in [0.5, 0.6) is 0 Å². The molecule has 190 valence electrons. The number of thiophene rings is 1. The van der Waals surface area contributed by atoms with Gasteiger partial charge < -0.3 is 22.2 Å². The van der Waals surface area contributed by atoms with E-state index in [0.29, 0.717) is 29.9 Å². The molecule has 1 aromatic carbocycles. The Morgan fingerprint density at radius 3 is 2.81 bits per heavy atom. The van der Waals surface area contributed by atoms with Crippen LogP contribution in [0.4, 0.5) is 0 Å². The zero-order valence-electron chi connectivity index (χ0n) is 20.3. The zero-order chi connectivity index (χ0) is 25.7. The molecule has 0 spiro atoms. The van der Waals surface area contributed by atoms with Crippen molar-refractivity contribution < 1.29 is 4.79 Å². The summed E-state index contributed by atoms with van der Waals surface area (Å²) in [6, 6.07) is 10.2. The lowest BCUT2D eigenvalue weighted by Gasteiger charge is -2.29. The summed E-state index contributed by atoms with van der Waals surface area (Å²) >= 11 is 7.85. The van der Waals surface area contributed by atoms with Crippen LogP contribution in [0.25, 0.3) is 5.57 Å². The molecule has 1 saturated heterocycles. The number of likely N-dealkylation sites (tertiary alicyclic amines) is 1. The van der Waals surface area contributed by atoms with Crippen molar-refractivity contribution >= 4 is 40.3 Å². The van der Waals surface area contributed by atoms with E-state index in [4.69, 9.17) is 23.1 Å². The molecule has 7 N–H and O–H groups in total. The molecular formula is C26H32ClN7OS. The molecule has 2 atom stereocenters. The summed E-state index contributed by atoms with van der Waals surface area (Å²) in [5.41, 5.74) is 21.7. The second-order valence-corrected chi connectivity index (χ2v) is 10.4. The van der Waals surface area contributed by atoms with Gasteiger partial charge in [0.1, 0.15) is 6.67 Å². The number of hydrogen-bond acceptors (Lipinski definition) is 8. The number of nitrogens with one attached hydrogen (secondary N) is 3. The first-order valence-corrected chi connectivity index (χ1v) is 13.0. The number of amidine groups is 1. The van der Waals surface area contributed by atoms with E-state index in [1.165, 1.54) is 13.1 Å². The van der Waals surface area contributed by atoms with Crippen LogP contribution in [-0.4, -0.2) is 42.9 Å². The van der Waals surface area contributed by atoms with Gasteiger partial charge >= 0.3 is 0 Å². The van der Waals surface area contributed by atoms with Crippen molar-refractivity contribution in [3.63, 3.8) is 0 Å². The van der Waals surface area contributed by atoms with Crippen LogP contribution in [-0.2, 0) is 4.79 Å². The Morgan fingerprint density at radius 1 is 1.42 bits per heavy atom. The van der Waals surface area contributed by atoms with E-state index in [2.05, 4.69) is 50.8 Å². The number of allylic oxidation sites excluding steroid dienone is 3. The maximum Gasteiger partial charge on any atom is 0.221 e. The summed E-state index contributed by atoms with van der Waals surface area (Å²) in [5.74, 6) is 1.08. The van der Waals surface area contributed by atoms with Crippen LogP contribution in [0.1, 0.15) is 40.3 Å². The molecule has 0 bridgehead atoms. The molecule has 3 heterocycles. The zero-order valence-corrected chi connectivity index (χ0v) is 21.8. The summed E-state index contributed by atoms with van der Waals surface area (Å²) in [5, 5.41) is 3.43. The van der Waals surface area contributed by atoms with Gasteiger partial charge in [0.05, 0.1) is 10.9 Å². The van der Waals surface area contributed by atoms with Crippen LogP contribution in [0, 0.1) is 5.92 Å². The molecular weight excluding hydrogens is 494 g/mol. The number of amides is 1. The van der Waals surface area contributed by atoms with E-state index in [9.17, 15) is 4.79 Å². The molecule has 0 aliphatic carbocycles. The molecule has 2 aliphatic rings. The van der Waals surface area contributed by atoms with E-state index in [-0.39, 0.29) is 11.9 Å². The molecule has 8 nitrogen and oxygen atoms in total. The summed E-state index contributed by atoms with van der Waals surface area (Å²) in [4.78, 5) is 20.7. The number of carbonyl (C=O) groups excluding carboxylic acids is 1. The van der Waals surface area contributed by atoms with Crippen LogP contribution >= 0.6 is 22.9 Å². The van der Waals surface area contributed by atoms with Crippen molar-refractivity contribution in [1.82, 2.24) is 21.1 Å². The summed E-state index contributed by atoms with van der Waals surface area (Å²) in [6.45, 7) is 8.45. The van der Waals surface area contributed by atoms with Gasteiger partial charge in [-0.3, -0.25) is 9.69 Å². The SMILES string of the molecule is C=C(/C=C(\C=C/N)c1cc(C(c2ccc(Cl)cc2)N2CCC(CN)C2)c(C2=NCNN2)s1)NC(C)=O. The van der Waals surface area contributed by atoms with Gasteiger partial charge in [-0.25, -0.2) is 10.4 Å². The van der Waals surface area contributed by atoms with Crippen LogP contribution in [0.2, 0.25) is 5.02 Å². The van der Waals surface area contributed by atoms with Gasteiger partial charge in [0, 0.05) is 29.1 Å². The van der Waals surface area contributed by atoms with Crippen LogP contribution in [0.3, 0.4) is 0 Å². The predicted molar refractivity (Wildman–Crippen MR) is 148 cm³/mol. The summed E-state index contributed by atoms with van der Waals surface area (Å²) < 4.78 is 0. The van der Waals surface area contributed by atoms with Crippen molar-refractivity contribution in [2.24, 2.45) is 22.4 Å². The van der Waals surface area contributed by atoms with Gasteiger partial charge in [-0.2, -0.15) is 0 Å². The van der Waals surface area contributed by atoms with E-state index in [0.717, 1.165) is 51.8 Å². The lowest BCUT2D eigenvalue weighted by atomic mass is 9.96. The number of hydrazine groups is 1. The van der Waals surface area contributed by atoms with Crippen molar-refractivity contribution in [3.05, 3.63) is 86.9 Å². The lowest BCUT2D eigenvalue weighted by Crippen LogP contribution is -2.33. The third-order valence-corrected chi connectivity index (χ3v) is 7.68. The van der Waals surface area contributed by atoms with Crippen LogP contribution in [0.15, 0.2) is 66.0 Å². The van der Waals surface area contributed by atoms with Gasteiger partial charge in [-0.05, 0) is 78.7 Å². The topological polar surface area (TPSA) is 121 Å². The Balaban J connectivity index is 1.84.